The van der Waals surface area contributed by atoms with Gasteiger partial charge in [-0.15, -0.1) is 0 Å². The van der Waals surface area contributed by atoms with E-state index >= 15 is 0 Å². The van der Waals surface area contributed by atoms with Crippen LogP contribution in [0.5, 0.6) is 0 Å². The predicted molar refractivity (Wildman–Crippen MR) is 189 cm³/mol. The number of rotatable bonds is 7. The molecule has 1 unspecified atom stereocenters. The van der Waals surface area contributed by atoms with E-state index in [0.29, 0.717) is 43.1 Å². The number of fused-ring (bicyclic) bond motifs is 1. The molecule has 0 radical (unpaired) electrons. The highest BCUT2D eigenvalue weighted by Crippen LogP contribution is 2.48. The molecule has 0 fully saturated rings. The number of benzene rings is 4. The van der Waals surface area contributed by atoms with Crippen molar-refractivity contribution in [2.75, 3.05) is 6.26 Å². The summed E-state index contributed by atoms with van der Waals surface area (Å²) in [5.74, 6) is -0.417. The zero-order chi connectivity index (χ0) is 34.5. The molecule has 0 bridgehead atoms. The van der Waals surface area contributed by atoms with Crippen LogP contribution in [0.3, 0.4) is 0 Å². The molecule has 10 nitrogen and oxygen atoms in total. The molecule has 0 aliphatic heterocycles. The summed E-state index contributed by atoms with van der Waals surface area (Å²) in [6.07, 6.45) is 1.51. The van der Waals surface area contributed by atoms with Gasteiger partial charge in [-0.05, 0) is 82.4 Å². The van der Waals surface area contributed by atoms with Crippen molar-refractivity contribution in [1.29, 1.82) is 0 Å². The molecule has 0 aliphatic carbocycles. The Morgan fingerprint density at radius 3 is 2.31 bits per heavy atom. The van der Waals surface area contributed by atoms with Gasteiger partial charge in [0.15, 0.2) is 0 Å². The largest absolute Gasteiger partial charge is 0.277 e. The monoisotopic (exact) mass is 707 g/mol. The van der Waals surface area contributed by atoms with Gasteiger partial charge in [0.05, 0.1) is 32.4 Å². The van der Waals surface area contributed by atoms with E-state index in [-0.39, 0.29) is 22.1 Å². The summed E-state index contributed by atoms with van der Waals surface area (Å²) in [6, 6.07) is 26.7. The maximum absolute atomic E-state index is 14.9. The average molecular weight is 708 g/mol. The molecule has 3 aromatic heterocycles. The molecule has 0 aliphatic rings. The van der Waals surface area contributed by atoms with Gasteiger partial charge in [-0.3, -0.25) is 0 Å². The fourth-order valence-corrected chi connectivity index (χ4v) is 9.16. The smallest absolute Gasteiger partial charge is 0.245 e. The van der Waals surface area contributed by atoms with Gasteiger partial charge < -0.3 is 0 Å². The van der Waals surface area contributed by atoms with E-state index in [4.69, 9.17) is 6.57 Å². The third-order valence-corrected chi connectivity index (χ3v) is 12.2. The number of halogens is 1. The van der Waals surface area contributed by atoms with Crippen LogP contribution in [0.15, 0.2) is 117 Å². The topological polar surface area (TPSA) is 116 Å². The summed E-state index contributed by atoms with van der Waals surface area (Å²) in [4.78, 5) is 4.22. The van der Waals surface area contributed by atoms with Gasteiger partial charge in [0.25, 0.3) is 16.0 Å². The van der Waals surface area contributed by atoms with Crippen LogP contribution in [0.25, 0.3) is 49.3 Å². The summed E-state index contributed by atoms with van der Waals surface area (Å²) >= 11 is 1.22. The summed E-state index contributed by atoms with van der Waals surface area (Å²) in [7, 11) is -5.60. The summed E-state index contributed by atoms with van der Waals surface area (Å²) < 4.78 is 64.8. The van der Waals surface area contributed by atoms with Crippen molar-refractivity contribution in [2.45, 2.75) is 16.7 Å². The second-order valence-electron chi connectivity index (χ2n) is 11.3. The fourth-order valence-electron chi connectivity index (χ4n) is 5.68. The van der Waals surface area contributed by atoms with Crippen LogP contribution < -0.4 is 0 Å². The first-order valence-corrected chi connectivity index (χ1v) is 19.0. The normalized spacial score (nSPS) is 12.9. The number of hydrogen-bond donors (Lipinski definition) is 0. The van der Waals surface area contributed by atoms with E-state index in [2.05, 4.69) is 24.7 Å². The molecule has 0 saturated heterocycles. The van der Waals surface area contributed by atoms with Gasteiger partial charge in [-0.25, -0.2) is 30.5 Å². The quantitative estimate of drug-likeness (QED) is 0.154. The number of hydrogen-bond acceptors (Lipinski definition) is 8. The van der Waals surface area contributed by atoms with E-state index in [1.807, 2.05) is 25.1 Å². The van der Waals surface area contributed by atoms with Crippen molar-refractivity contribution in [3.8, 4) is 33.5 Å². The van der Waals surface area contributed by atoms with Crippen molar-refractivity contribution in [2.24, 2.45) is 11.4 Å². The van der Waals surface area contributed by atoms with Crippen LogP contribution in [0.2, 0.25) is 0 Å². The third-order valence-electron chi connectivity index (χ3n) is 8.06. The first kappa shape index (κ1) is 32.1. The molecule has 244 valence electrons. The van der Waals surface area contributed by atoms with E-state index in [9.17, 15) is 17.0 Å². The van der Waals surface area contributed by atoms with Gasteiger partial charge in [-0.2, -0.15) is 15.7 Å². The maximum Gasteiger partial charge on any atom is 0.277 e. The summed E-state index contributed by atoms with van der Waals surface area (Å²) in [6.45, 7) is 9.71. The first-order chi connectivity index (χ1) is 23.5. The lowest BCUT2D eigenvalue weighted by Crippen LogP contribution is -2.14. The highest BCUT2D eigenvalue weighted by atomic mass is 32.2. The number of thiophene rings is 1. The van der Waals surface area contributed by atoms with E-state index in [0.717, 1.165) is 5.56 Å². The maximum atomic E-state index is 14.9. The molecule has 7 rings (SSSR count). The summed E-state index contributed by atoms with van der Waals surface area (Å²) in [5.41, 5.74) is 4.29. The van der Waals surface area contributed by atoms with Crippen molar-refractivity contribution >= 4 is 52.9 Å². The van der Waals surface area contributed by atoms with Crippen LogP contribution >= 0.6 is 11.3 Å². The number of aromatic nitrogens is 5. The van der Waals surface area contributed by atoms with E-state index in [1.54, 1.807) is 73.1 Å². The molecule has 14 heteroatoms. The van der Waals surface area contributed by atoms with Gasteiger partial charge in [0.2, 0.25) is 5.00 Å². The predicted octanol–water partition coefficient (Wildman–Crippen LogP) is 8.25. The van der Waals surface area contributed by atoms with E-state index in [1.165, 1.54) is 44.4 Å². The highest BCUT2D eigenvalue weighted by Gasteiger charge is 2.30. The standard InChI is InChI=1S/C35H26FN7O3S3/c1-22-11-14-27(15-12-22)49(45,46)43-31-16-13-26(36)21-30(31)32(29-17-18-47-34(29)37-2)33(43)25-9-5-7-23(19-25)24-8-6-10-28(20-24)48(4,44)39-35-38-40-41-42(35)3/h5-21H,1,3-4H3. The third kappa shape index (κ3) is 5.71. The van der Waals surface area contributed by atoms with Crippen LogP contribution in [0.4, 0.5) is 15.3 Å². The molecule has 1 atom stereocenters. The Morgan fingerprint density at radius 1 is 0.878 bits per heavy atom. The molecule has 0 saturated carbocycles. The van der Waals surface area contributed by atoms with Gasteiger partial charge in [-0.1, -0.05) is 59.2 Å². The molecule has 7 aromatic rings. The van der Waals surface area contributed by atoms with Crippen LogP contribution in [0, 0.1) is 19.3 Å². The first-order valence-electron chi connectivity index (χ1n) is 14.7. The highest BCUT2D eigenvalue weighted by molar-refractivity contribution is 7.93. The van der Waals surface area contributed by atoms with Crippen molar-refractivity contribution in [3.05, 3.63) is 125 Å². The molecule has 3 heterocycles. The fraction of sp³-hybridized carbons (Fsp3) is 0.0857. The second-order valence-corrected chi connectivity index (χ2v) is 16.3. The molecule has 49 heavy (non-hydrogen) atoms. The Hall–Kier alpha value is -5.49. The van der Waals surface area contributed by atoms with Crippen molar-refractivity contribution < 1.29 is 17.0 Å². The number of tetrazole rings is 1. The molecular formula is C35H26FN7O3S3. The average Bonchev–Trinajstić information content (AvgIpc) is 3.81. The van der Waals surface area contributed by atoms with Crippen LogP contribution in [-0.2, 0) is 26.8 Å². The number of nitrogens with zero attached hydrogens (tertiary/aromatic N) is 7. The second kappa shape index (κ2) is 12.2. The SMILES string of the molecule is [C-]#[N+]c1sccc1-c1c(-c2cccc(-c3cccc(S(C)(=O)=Nc4nnnn4C)c3)c2)n(S(=O)(=O)c2ccc(C)cc2)c2ccc(F)cc12. The Balaban J connectivity index is 1.50. The Morgan fingerprint density at radius 2 is 1.59 bits per heavy atom. The lowest BCUT2D eigenvalue weighted by atomic mass is 9.97. The molecule has 0 N–H and O–H groups in total. The minimum absolute atomic E-state index is 0.0614. The molecule has 0 spiro atoms. The molecule has 4 aromatic carbocycles. The summed E-state index contributed by atoms with van der Waals surface area (Å²) in [5, 5.41) is 13.6. The Bertz CT molecular complexity index is 2700. The minimum Gasteiger partial charge on any atom is -0.245 e. The number of aryl methyl sites for hydroxylation is 2. The van der Waals surface area contributed by atoms with Gasteiger partial charge in [0, 0.05) is 40.3 Å². The minimum atomic E-state index is -4.24. The molecule has 0 amide bonds. The Kier molecular flexibility index (Phi) is 7.98. The van der Waals surface area contributed by atoms with Crippen LogP contribution in [0.1, 0.15) is 5.56 Å². The Labute approximate surface area is 286 Å². The zero-order valence-electron chi connectivity index (χ0n) is 26.3. The van der Waals surface area contributed by atoms with Crippen molar-refractivity contribution in [1.82, 2.24) is 24.2 Å². The van der Waals surface area contributed by atoms with E-state index < -0.39 is 25.6 Å². The molecular weight excluding hydrogens is 682 g/mol. The van der Waals surface area contributed by atoms with Crippen LogP contribution in [-0.4, -0.2) is 43.1 Å². The lowest BCUT2D eigenvalue weighted by Gasteiger charge is -2.15. The van der Waals surface area contributed by atoms with Crippen molar-refractivity contribution in [3.63, 3.8) is 0 Å². The lowest BCUT2D eigenvalue weighted by molar-refractivity contribution is 0.589. The van der Waals surface area contributed by atoms with Gasteiger partial charge >= 0.3 is 0 Å². The van der Waals surface area contributed by atoms with Gasteiger partial charge in [0.1, 0.15) is 5.82 Å². The zero-order valence-corrected chi connectivity index (χ0v) is 28.7.